The van der Waals surface area contributed by atoms with E-state index in [1.54, 1.807) is 11.3 Å². The number of anilines is 2. The molecule has 1 fully saturated rings. The molecule has 0 atom stereocenters. The van der Waals surface area contributed by atoms with Crippen molar-refractivity contribution in [3.05, 3.63) is 18.2 Å². The Labute approximate surface area is 111 Å². The first-order chi connectivity index (χ1) is 8.78. The number of thiazole rings is 1. The lowest BCUT2D eigenvalue weighted by molar-refractivity contribution is 0.439. The van der Waals surface area contributed by atoms with Crippen LogP contribution in [0.15, 0.2) is 18.2 Å². The van der Waals surface area contributed by atoms with Crippen molar-refractivity contribution in [2.45, 2.75) is 19.8 Å². The van der Waals surface area contributed by atoms with Gasteiger partial charge in [-0.25, -0.2) is 10.8 Å². The fourth-order valence-corrected chi connectivity index (χ4v) is 3.30. The number of benzene rings is 1. The van der Waals surface area contributed by atoms with Crippen molar-refractivity contribution in [1.82, 2.24) is 4.98 Å². The summed E-state index contributed by atoms with van der Waals surface area (Å²) >= 11 is 1.60. The van der Waals surface area contributed by atoms with E-state index in [0.717, 1.165) is 29.7 Å². The van der Waals surface area contributed by atoms with Crippen molar-refractivity contribution < 1.29 is 0 Å². The van der Waals surface area contributed by atoms with Gasteiger partial charge in [-0.2, -0.15) is 0 Å². The molecule has 0 saturated carbocycles. The summed E-state index contributed by atoms with van der Waals surface area (Å²) in [4.78, 5) is 7.01. The second-order valence-electron chi connectivity index (χ2n) is 4.96. The smallest absolute Gasteiger partial charge is 0.198 e. The number of piperidine rings is 1. The number of aromatic nitrogens is 1. The number of nitrogens with two attached hydrogens (primary N) is 1. The topological polar surface area (TPSA) is 54.2 Å². The van der Waals surface area contributed by atoms with E-state index in [-0.39, 0.29) is 0 Å². The van der Waals surface area contributed by atoms with Gasteiger partial charge in [-0.15, -0.1) is 0 Å². The third kappa shape index (κ3) is 2.04. The van der Waals surface area contributed by atoms with Gasteiger partial charge in [0.15, 0.2) is 5.13 Å². The summed E-state index contributed by atoms with van der Waals surface area (Å²) in [7, 11) is 0. The van der Waals surface area contributed by atoms with E-state index in [9.17, 15) is 0 Å². The van der Waals surface area contributed by atoms with Crippen LogP contribution in [0.5, 0.6) is 0 Å². The average molecular weight is 262 g/mol. The average Bonchev–Trinajstić information content (AvgIpc) is 2.82. The van der Waals surface area contributed by atoms with E-state index >= 15 is 0 Å². The third-order valence-corrected chi connectivity index (χ3v) is 4.60. The lowest BCUT2D eigenvalue weighted by Gasteiger charge is -2.32. The molecule has 5 heteroatoms. The number of nitrogen functional groups attached to an aromatic ring is 1. The number of nitrogens with zero attached hydrogens (tertiary/aromatic N) is 2. The summed E-state index contributed by atoms with van der Waals surface area (Å²) in [6, 6.07) is 6.37. The summed E-state index contributed by atoms with van der Waals surface area (Å²) in [5.74, 6) is 6.29. The monoisotopic (exact) mass is 262 g/mol. The number of fused-ring (bicyclic) bond motifs is 1. The first-order valence-electron chi connectivity index (χ1n) is 6.39. The van der Waals surface area contributed by atoms with Gasteiger partial charge in [0.25, 0.3) is 0 Å². The molecule has 1 aliphatic heterocycles. The molecule has 96 valence electrons. The fraction of sp³-hybridized carbons (Fsp3) is 0.462. The second-order valence-corrected chi connectivity index (χ2v) is 5.99. The van der Waals surface area contributed by atoms with Crippen molar-refractivity contribution in [1.29, 1.82) is 0 Å². The van der Waals surface area contributed by atoms with Crippen molar-refractivity contribution in [3.8, 4) is 0 Å². The molecule has 3 rings (SSSR count). The zero-order chi connectivity index (χ0) is 12.5. The molecule has 1 aliphatic rings. The van der Waals surface area contributed by atoms with E-state index in [0.29, 0.717) is 0 Å². The third-order valence-electron chi connectivity index (χ3n) is 3.65. The minimum Gasteiger partial charge on any atom is -0.370 e. The molecule has 0 amide bonds. The predicted octanol–water partition coefficient (Wildman–Crippen LogP) is 2.82. The van der Waals surface area contributed by atoms with Crippen molar-refractivity contribution in [2.75, 3.05) is 23.4 Å². The Bertz CT molecular complexity index is 543. The maximum absolute atomic E-state index is 5.44. The maximum atomic E-state index is 5.44. The van der Waals surface area contributed by atoms with Crippen molar-refractivity contribution >= 4 is 32.4 Å². The molecule has 0 bridgehead atoms. The van der Waals surface area contributed by atoms with E-state index in [2.05, 4.69) is 40.4 Å². The van der Waals surface area contributed by atoms with Crippen LogP contribution >= 0.6 is 11.3 Å². The molecule has 3 N–H and O–H groups in total. The van der Waals surface area contributed by atoms with Crippen LogP contribution in [0.1, 0.15) is 19.8 Å². The Kier molecular flexibility index (Phi) is 3.09. The Morgan fingerprint density at radius 1 is 1.39 bits per heavy atom. The van der Waals surface area contributed by atoms with Gasteiger partial charge in [0.05, 0.1) is 10.4 Å². The highest BCUT2D eigenvalue weighted by atomic mass is 32.1. The van der Waals surface area contributed by atoms with Gasteiger partial charge in [-0.3, -0.25) is 5.43 Å². The van der Waals surface area contributed by atoms with E-state index in [1.807, 2.05) is 0 Å². The number of hydrazine groups is 1. The van der Waals surface area contributed by atoms with Crippen LogP contribution in [0.4, 0.5) is 10.8 Å². The molecular weight excluding hydrogens is 244 g/mol. The molecule has 1 aromatic carbocycles. The van der Waals surface area contributed by atoms with Crippen molar-refractivity contribution in [3.63, 3.8) is 0 Å². The highest BCUT2D eigenvalue weighted by Crippen LogP contribution is 2.34. The first-order valence-corrected chi connectivity index (χ1v) is 7.20. The lowest BCUT2D eigenvalue weighted by atomic mass is 9.99. The maximum Gasteiger partial charge on any atom is 0.198 e. The summed E-state index contributed by atoms with van der Waals surface area (Å²) in [5.41, 5.74) is 4.96. The van der Waals surface area contributed by atoms with Gasteiger partial charge in [-0.1, -0.05) is 24.3 Å². The van der Waals surface area contributed by atoms with Crippen LogP contribution in [0.2, 0.25) is 0 Å². The van der Waals surface area contributed by atoms with Crippen LogP contribution in [0, 0.1) is 5.92 Å². The van der Waals surface area contributed by atoms with Crippen LogP contribution in [-0.4, -0.2) is 18.1 Å². The molecule has 0 radical (unpaired) electrons. The molecule has 0 unspecified atom stereocenters. The minimum absolute atomic E-state index is 0.780. The zero-order valence-electron chi connectivity index (χ0n) is 10.5. The molecule has 0 aliphatic carbocycles. The SMILES string of the molecule is CC1CCN(c2cccc3sc(NN)nc23)CC1. The first kappa shape index (κ1) is 11.7. The summed E-state index contributed by atoms with van der Waals surface area (Å²) in [6.07, 6.45) is 2.53. The Hall–Kier alpha value is -1.33. The molecule has 2 heterocycles. The highest BCUT2D eigenvalue weighted by Gasteiger charge is 2.19. The van der Waals surface area contributed by atoms with E-state index < -0.39 is 0 Å². The molecule has 2 aromatic rings. The Morgan fingerprint density at radius 3 is 2.89 bits per heavy atom. The molecule has 0 spiro atoms. The Balaban J connectivity index is 1.98. The van der Waals surface area contributed by atoms with Gasteiger partial charge >= 0.3 is 0 Å². The molecular formula is C13H18N4S. The normalized spacial score (nSPS) is 17.3. The molecule has 1 saturated heterocycles. The minimum atomic E-state index is 0.780. The number of rotatable bonds is 2. The summed E-state index contributed by atoms with van der Waals surface area (Å²) in [5, 5.41) is 0.780. The van der Waals surface area contributed by atoms with Crippen LogP contribution in [0.3, 0.4) is 0 Å². The van der Waals surface area contributed by atoms with Gasteiger partial charge in [0, 0.05) is 13.1 Å². The molecule has 18 heavy (non-hydrogen) atoms. The van der Waals surface area contributed by atoms with Crippen LogP contribution in [-0.2, 0) is 0 Å². The van der Waals surface area contributed by atoms with Crippen LogP contribution < -0.4 is 16.2 Å². The number of para-hydroxylation sites is 1. The van der Waals surface area contributed by atoms with E-state index in [4.69, 9.17) is 5.84 Å². The highest BCUT2D eigenvalue weighted by molar-refractivity contribution is 7.22. The van der Waals surface area contributed by atoms with Crippen molar-refractivity contribution in [2.24, 2.45) is 11.8 Å². The Morgan fingerprint density at radius 2 is 2.17 bits per heavy atom. The largest absolute Gasteiger partial charge is 0.370 e. The lowest BCUT2D eigenvalue weighted by Crippen LogP contribution is -2.32. The van der Waals surface area contributed by atoms with Gasteiger partial charge in [0.1, 0.15) is 5.52 Å². The van der Waals surface area contributed by atoms with Gasteiger partial charge in [0.2, 0.25) is 0 Å². The standard InChI is InChI=1S/C13H18N4S/c1-9-5-7-17(8-6-9)10-3-2-4-11-12(10)15-13(16-14)18-11/h2-4,9H,5-8,14H2,1H3,(H,15,16). The second kappa shape index (κ2) is 4.74. The zero-order valence-corrected chi connectivity index (χ0v) is 11.3. The van der Waals surface area contributed by atoms with Gasteiger partial charge in [-0.05, 0) is 30.9 Å². The quantitative estimate of drug-likeness (QED) is 0.645. The number of hydrogen-bond donors (Lipinski definition) is 2. The van der Waals surface area contributed by atoms with E-state index in [1.165, 1.54) is 23.2 Å². The summed E-state index contributed by atoms with van der Waals surface area (Å²) in [6.45, 7) is 4.59. The molecule has 4 nitrogen and oxygen atoms in total. The number of nitrogens with one attached hydrogen (secondary N) is 1. The molecule has 1 aromatic heterocycles. The number of hydrogen-bond acceptors (Lipinski definition) is 5. The predicted molar refractivity (Wildman–Crippen MR) is 78.0 cm³/mol. The van der Waals surface area contributed by atoms with Gasteiger partial charge < -0.3 is 4.90 Å². The summed E-state index contributed by atoms with van der Waals surface area (Å²) < 4.78 is 1.19. The fourth-order valence-electron chi connectivity index (χ4n) is 2.50. The van der Waals surface area contributed by atoms with Crippen LogP contribution in [0.25, 0.3) is 10.2 Å².